The van der Waals surface area contributed by atoms with Crippen LogP contribution in [0.2, 0.25) is 0 Å². The molecule has 0 saturated heterocycles. The van der Waals surface area contributed by atoms with Crippen LogP contribution >= 0.6 is 0 Å². The minimum absolute atomic E-state index is 0.929. The zero-order valence-electron chi connectivity index (χ0n) is 15.8. The summed E-state index contributed by atoms with van der Waals surface area (Å²) in [6.45, 7) is 6.56. The van der Waals surface area contributed by atoms with Gasteiger partial charge in [0, 0.05) is 6.07 Å². The van der Waals surface area contributed by atoms with Crippen molar-refractivity contribution in [1.82, 2.24) is 0 Å². The molecule has 1 aliphatic rings. The van der Waals surface area contributed by atoms with Crippen molar-refractivity contribution in [2.75, 3.05) is 0 Å². The third kappa shape index (κ3) is 2.28. The summed E-state index contributed by atoms with van der Waals surface area (Å²) in [6, 6.07) is 15.6. The Morgan fingerprint density at radius 2 is 1.70 bits per heavy atom. The van der Waals surface area contributed by atoms with Gasteiger partial charge in [0.2, 0.25) is 5.52 Å². The SMILES string of the molecule is C=C1/C=C\C=C/Cc2cccc3c2c(c2c4c(cccc34)cc[n+]2C)=C1C. The van der Waals surface area contributed by atoms with Crippen molar-refractivity contribution in [3.05, 3.63) is 95.9 Å². The topological polar surface area (TPSA) is 3.88 Å². The predicted molar refractivity (Wildman–Crippen MR) is 116 cm³/mol. The van der Waals surface area contributed by atoms with Gasteiger partial charge < -0.3 is 0 Å². The smallest absolute Gasteiger partial charge is 0.200 e. The average Bonchev–Trinajstić information content (AvgIpc) is 2.69. The van der Waals surface area contributed by atoms with Gasteiger partial charge in [-0.2, -0.15) is 0 Å². The lowest BCUT2D eigenvalue weighted by atomic mass is 9.89. The van der Waals surface area contributed by atoms with E-state index in [0.717, 1.165) is 12.0 Å². The summed E-state index contributed by atoms with van der Waals surface area (Å²) in [7, 11) is 2.15. The molecule has 0 spiro atoms. The lowest BCUT2D eigenvalue weighted by Gasteiger charge is -2.14. The largest absolute Gasteiger partial charge is 0.221 e. The normalized spacial score (nSPS) is 17.0. The van der Waals surface area contributed by atoms with Crippen molar-refractivity contribution in [2.24, 2.45) is 7.05 Å². The third-order valence-corrected chi connectivity index (χ3v) is 5.83. The number of benzene rings is 3. The maximum Gasteiger partial charge on any atom is 0.221 e. The molecule has 130 valence electrons. The third-order valence-electron chi connectivity index (χ3n) is 5.83. The van der Waals surface area contributed by atoms with E-state index in [2.05, 4.69) is 98.1 Å². The van der Waals surface area contributed by atoms with Crippen LogP contribution in [-0.4, -0.2) is 0 Å². The number of fused-ring (bicyclic) bond motifs is 2. The van der Waals surface area contributed by atoms with E-state index in [1.54, 1.807) is 0 Å². The minimum Gasteiger partial charge on any atom is -0.200 e. The van der Waals surface area contributed by atoms with Gasteiger partial charge in [-0.1, -0.05) is 67.3 Å². The molecular weight excluding hydrogens is 326 g/mol. The average molecular weight is 348 g/mol. The lowest BCUT2D eigenvalue weighted by Crippen LogP contribution is -2.34. The Balaban J connectivity index is 2.23. The monoisotopic (exact) mass is 348 g/mol. The molecule has 0 radical (unpaired) electrons. The van der Waals surface area contributed by atoms with Gasteiger partial charge in [-0.3, -0.25) is 0 Å². The molecule has 3 aromatic carbocycles. The van der Waals surface area contributed by atoms with Gasteiger partial charge >= 0.3 is 0 Å². The number of rotatable bonds is 0. The van der Waals surface area contributed by atoms with Crippen molar-refractivity contribution in [3.63, 3.8) is 0 Å². The van der Waals surface area contributed by atoms with E-state index in [9.17, 15) is 0 Å². The van der Waals surface area contributed by atoms with Gasteiger partial charge in [0.15, 0.2) is 6.20 Å². The molecule has 0 amide bonds. The van der Waals surface area contributed by atoms with Gasteiger partial charge in [-0.15, -0.1) is 0 Å². The first-order valence-corrected chi connectivity index (χ1v) is 9.44. The van der Waals surface area contributed by atoms with E-state index >= 15 is 0 Å². The molecule has 0 unspecified atom stereocenters. The molecule has 0 atom stereocenters. The molecular formula is C26H22N+. The molecule has 5 rings (SSSR count). The van der Waals surface area contributed by atoms with Crippen molar-refractivity contribution >= 4 is 38.0 Å². The van der Waals surface area contributed by atoms with Crippen LogP contribution < -0.4 is 9.79 Å². The van der Waals surface area contributed by atoms with E-state index in [1.807, 2.05) is 0 Å². The van der Waals surface area contributed by atoms with Gasteiger partial charge in [0.05, 0.1) is 10.6 Å². The van der Waals surface area contributed by atoms with Gasteiger partial charge in [0.25, 0.3) is 0 Å². The molecule has 1 heterocycles. The maximum absolute atomic E-state index is 4.36. The Labute approximate surface area is 159 Å². The summed E-state index contributed by atoms with van der Waals surface area (Å²) < 4.78 is 2.27. The van der Waals surface area contributed by atoms with Crippen molar-refractivity contribution in [2.45, 2.75) is 13.3 Å². The van der Waals surface area contributed by atoms with Gasteiger partial charge in [0.1, 0.15) is 7.05 Å². The highest BCUT2D eigenvalue weighted by atomic mass is 14.9. The second-order valence-corrected chi connectivity index (χ2v) is 7.40. The molecule has 1 aliphatic carbocycles. The van der Waals surface area contributed by atoms with Crippen LogP contribution in [0.5, 0.6) is 0 Å². The number of hydrogen-bond acceptors (Lipinski definition) is 0. The Morgan fingerprint density at radius 1 is 0.926 bits per heavy atom. The highest BCUT2D eigenvalue weighted by Gasteiger charge is 2.19. The van der Waals surface area contributed by atoms with Gasteiger partial charge in [-0.25, -0.2) is 4.57 Å². The predicted octanol–water partition coefficient (Wildman–Crippen LogP) is 5.08. The number of pyridine rings is 1. The number of hydrogen-bond donors (Lipinski definition) is 0. The molecule has 0 N–H and O–H groups in total. The molecule has 0 saturated carbocycles. The first kappa shape index (κ1) is 16.0. The Morgan fingerprint density at radius 3 is 2.56 bits per heavy atom. The number of allylic oxidation sites excluding steroid dienone is 5. The highest BCUT2D eigenvalue weighted by molar-refractivity contribution is 6.20. The molecule has 0 aliphatic heterocycles. The highest BCUT2D eigenvalue weighted by Crippen LogP contribution is 2.32. The van der Waals surface area contributed by atoms with Crippen molar-refractivity contribution < 1.29 is 4.57 Å². The first-order valence-electron chi connectivity index (χ1n) is 9.44. The van der Waals surface area contributed by atoms with Crippen LogP contribution in [0.25, 0.3) is 38.0 Å². The van der Waals surface area contributed by atoms with Crippen LogP contribution in [0.3, 0.4) is 0 Å². The zero-order valence-corrected chi connectivity index (χ0v) is 15.8. The summed E-state index contributed by atoms with van der Waals surface area (Å²) in [6.07, 6.45) is 11.7. The van der Waals surface area contributed by atoms with Crippen LogP contribution in [0.15, 0.2) is 85.1 Å². The molecule has 1 heteroatoms. The quantitative estimate of drug-likeness (QED) is 0.237. The number of nitrogens with zero attached hydrogens (tertiary/aromatic N) is 1. The van der Waals surface area contributed by atoms with Crippen LogP contribution in [-0.2, 0) is 13.5 Å². The second-order valence-electron chi connectivity index (χ2n) is 7.40. The Hall–Kier alpha value is -3.19. The van der Waals surface area contributed by atoms with Crippen LogP contribution in [0.1, 0.15) is 12.5 Å². The molecule has 0 bridgehead atoms. The summed E-state index contributed by atoms with van der Waals surface area (Å²) in [4.78, 5) is 0. The van der Waals surface area contributed by atoms with E-state index in [1.165, 1.54) is 48.8 Å². The Kier molecular flexibility index (Phi) is 3.51. The van der Waals surface area contributed by atoms with Gasteiger partial charge in [-0.05, 0) is 51.6 Å². The number of aryl methyl sites for hydroxylation is 1. The first-order chi connectivity index (χ1) is 13.2. The lowest BCUT2D eigenvalue weighted by molar-refractivity contribution is -0.645. The summed E-state index contributed by atoms with van der Waals surface area (Å²) >= 11 is 0. The van der Waals surface area contributed by atoms with Crippen molar-refractivity contribution in [1.29, 1.82) is 0 Å². The maximum atomic E-state index is 4.36. The summed E-state index contributed by atoms with van der Waals surface area (Å²) in [5.74, 6) is 0. The summed E-state index contributed by atoms with van der Waals surface area (Å²) in [5, 5.41) is 7.96. The fourth-order valence-electron chi connectivity index (χ4n) is 4.45. The minimum atomic E-state index is 0.929. The molecule has 4 aromatic rings. The summed E-state index contributed by atoms with van der Waals surface area (Å²) in [5.41, 5.74) is 4.97. The molecule has 0 fully saturated rings. The molecule has 1 nitrogen and oxygen atoms in total. The van der Waals surface area contributed by atoms with E-state index in [-0.39, 0.29) is 0 Å². The second kappa shape index (κ2) is 5.92. The van der Waals surface area contributed by atoms with Crippen LogP contribution in [0.4, 0.5) is 0 Å². The van der Waals surface area contributed by atoms with E-state index in [4.69, 9.17) is 0 Å². The van der Waals surface area contributed by atoms with Crippen molar-refractivity contribution in [3.8, 4) is 0 Å². The fraction of sp³-hybridized carbons (Fsp3) is 0.115. The Bertz CT molecular complexity index is 1370. The standard InChI is InChI=1S/C26H22N/c1-17-9-5-4-6-10-19-11-7-13-21-22-14-8-12-20-15-16-27(3)26(25(20)22)23(18(17)2)24(19)21/h4-9,11-16H,1,10H2,2-3H3/q+1/b6-4-,9-5-,23-18?. The zero-order chi connectivity index (χ0) is 18.5. The molecule has 1 aromatic heterocycles. The molecule has 27 heavy (non-hydrogen) atoms. The van der Waals surface area contributed by atoms with E-state index in [0.29, 0.717) is 0 Å². The van der Waals surface area contributed by atoms with E-state index < -0.39 is 0 Å². The number of aromatic nitrogens is 1. The fourth-order valence-corrected chi connectivity index (χ4v) is 4.45. The van der Waals surface area contributed by atoms with Crippen LogP contribution in [0, 0.1) is 0 Å².